The third-order valence-electron chi connectivity index (χ3n) is 9.23. The highest BCUT2D eigenvalue weighted by Crippen LogP contribution is 2.42. The van der Waals surface area contributed by atoms with Gasteiger partial charge in [0.15, 0.2) is 0 Å². The van der Waals surface area contributed by atoms with Crippen molar-refractivity contribution in [3.05, 3.63) is 59.7 Å². The molecule has 1 unspecified atom stereocenters. The monoisotopic (exact) mass is 744 g/mol. The van der Waals surface area contributed by atoms with Crippen molar-refractivity contribution in [1.29, 1.82) is 0 Å². The van der Waals surface area contributed by atoms with Crippen molar-refractivity contribution in [3.8, 4) is 16.9 Å². The molecule has 0 bridgehead atoms. The lowest BCUT2D eigenvalue weighted by Gasteiger charge is -2.42. The SMILES string of the molecule is COc1cc(N2CCC(N3CCOC(C)C3)CC2)c(-c2cnn(C)c2)cc1Nc1ncc(Br)c(Nc2ccc3nccnc3c2P(C)C)n1. The number of nitrogens with one attached hydrogen (secondary N) is 2. The van der Waals surface area contributed by atoms with Gasteiger partial charge in [0, 0.05) is 97.9 Å². The number of fused-ring (bicyclic) bond motifs is 1. The Morgan fingerprint density at radius 3 is 2.55 bits per heavy atom. The van der Waals surface area contributed by atoms with Crippen molar-refractivity contribution >= 4 is 69.0 Å². The first-order valence-corrected chi connectivity index (χ1v) is 19.6. The summed E-state index contributed by atoms with van der Waals surface area (Å²) < 4.78 is 14.4. The molecule has 2 fully saturated rings. The Bertz CT molecular complexity index is 1950. The molecule has 0 amide bonds. The summed E-state index contributed by atoms with van der Waals surface area (Å²) in [5, 5.41) is 12.6. The lowest BCUT2D eigenvalue weighted by molar-refractivity contribution is -0.0373. The summed E-state index contributed by atoms with van der Waals surface area (Å²) in [4.78, 5) is 23.8. The molecule has 256 valence electrons. The van der Waals surface area contributed by atoms with Crippen molar-refractivity contribution < 1.29 is 9.47 Å². The molecule has 3 aromatic heterocycles. The topological polar surface area (TPSA) is 118 Å². The predicted molar refractivity (Wildman–Crippen MR) is 202 cm³/mol. The minimum absolute atomic E-state index is 0.293. The standard InChI is InChI=1S/C35H42BrN10O2P/c1-22-20-46(14-15-48-22)24-8-12-45(13-9-24)30-17-31(47-3)29(16-25(30)23-18-40-44(2)21-23)42-35-39-19-26(36)34(43-35)41-28-7-6-27-32(33(28)49(4)5)38-11-10-37-27/h6-7,10-11,16-19,21-22,24H,8-9,12-15,20H2,1-5H3,(H2,39,41,42,43). The normalized spacial score (nSPS) is 17.5. The van der Waals surface area contributed by atoms with Gasteiger partial charge >= 0.3 is 0 Å². The summed E-state index contributed by atoms with van der Waals surface area (Å²) in [5.41, 5.74) is 6.73. The van der Waals surface area contributed by atoms with E-state index in [2.05, 4.69) is 95.0 Å². The molecule has 0 saturated carbocycles. The van der Waals surface area contributed by atoms with Crippen LogP contribution in [0.3, 0.4) is 0 Å². The second-order valence-corrected chi connectivity index (χ2v) is 15.9. The number of piperidine rings is 1. The van der Waals surface area contributed by atoms with Gasteiger partial charge in [-0.1, -0.05) is 7.92 Å². The summed E-state index contributed by atoms with van der Waals surface area (Å²) in [6.07, 6.45) is 11.7. The lowest BCUT2D eigenvalue weighted by atomic mass is 9.98. The number of nitrogens with zero attached hydrogens (tertiary/aromatic N) is 8. The Morgan fingerprint density at radius 1 is 1.00 bits per heavy atom. The zero-order valence-electron chi connectivity index (χ0n) is 28.5. The van der Waals surface area contributed by atoms with E-state index in [1.54, 1.807) is 25.7 Å². The van der Waals surface area contributed by atoms with Gasteiger partial charge in [0.25, 0.3) is 0 Å². The Labute approximate surface area is 296 Å². The number of aromatic nitrogens is 6. The van der Waals surface area contributed by atoms with Gasteiger partial charge in [-0.25, -0.2) is 4.98 Å². The van der Waals surface area contributed by atoms with Crippen LogP contribution < -0.4 is 25.6 Å². The molecule has 0 radical (unpaired) electrons. The maximum Gasteiger partial charge on any atom is 0.229 e. The van der Waals surface area contributed by atoms with Crippen molar-refractivity contribution in [3.63, 3.8) is 0 Å². The molecule has 2 aliphatic rings. The van der Waals surface area contributed by atoms with E-state index in [0.29, 0.717) is 29.7 Å². The van der Waals surface area contributed by atoms with Crippen molar-refractivity contribution in [1.82, 2.24) is 34.6 Å². The number of benzene rings is 2. The number of aryl methyl sites for hydroxylation is 1. The summed E-state index contributed by atoms with van der Waals surface area (Å²) in [6.45, 7) is 11.4. The van der Waals surface area contributed by atoms with Gasteiger partial charge in [0.2, 0.25) is 5.95 Å². The van der Waals surface area contributed by atoms with E-state index < -0.39 is 7.92 Å². The average Bonchev–Trinajstić information content (AvgIpc) is 3.55. The maximum absolute atomic E-state index is 5.98. The zero-order chi connectivity index (χ0) is 34.1. The van der Waals surface area contributed by atoms with E-state index >= 15 is 0 Å². The van der Waals surface area contributed by atoms with Crippen LogP contribution in [-0.2, 0) is 11.8 Å². The average molecular weight is 746 g/mol. The predicted octanol–water partition coefficient (Wildman–Crippen LogP) is 6.13. The molecule has 5 aromatic rings. The van der Waals surface area contributed by atoms with Gasteiger partial charge in [-0.05, 0) is 67.2 Å². The van der Waals surface area contributed by atoms with Crippen LogP contribution in [0.25, 0.3) is 22.2 Å². The summed E-state index contributed by atoms with van der Waals surface area (Å²) in [7, 11) is 3.15. The number of rotatable bonds is 9. The second kappa shape index (κ2) is 14.5. The van der Waals surface area contributed by atoms with Gasteiger partial charge in [-0.2, -0.15) is 10.1 Å². The van der Waals surface area contributed by atoms with Gasteiger partial charge < -0.3 is 25.0 Å². The Morgan fingerprint density at radius 2 is 1.82 bits per heavy atom. The molecular formula is C35H42BrN10O2P. The molecule has 0 spiro atoms. The highest BCUT2D eigenvalue weighted by Gasteiger charge is 2.29. The first-order chi connectivity index (χ1) is 23.8. The molecular weight excluding hydrogens is 703 g/mol. The molecule has 7 rings (SSSR count). The van der Waals surface area contributed by atoms with E-state index in [1.807, 2.05) is 30.1 Å². The number of methoxy groups -OCH3 is 1. The lowest BCUT2D eigenvalue weighted by Crippen LogP contribution is -2.51. The van der Waals surface area contributed by atoms with Crippen LogP contribution in [0.1, 0.15) is 19.8 Å². The fourth-order valence-corrected chi connectivity index (χ4v) is 8.37. The van der Waals surface area contributed by atoms with Crippen LogP contribution >= 0.6 is 23.9 Å². The van der Waals surface area contributed by atoms with E-state index in [9.17, 15) is 0 Å². The van der Waals surface area contributed by atoms with Crippen LogP contribution in [0.2, 0.25) is 0 Å². The Hall–Kier alpha value is -3.90. The quantitative estimate of drug-likeness (QED) is 0.170. The van der Waals surface area contributed by atoms with Crippen LogP contribution in [0.5, 0.6) is 5.75 Å². The van der Waals surface area contributed by atoms with Crippen molar-refractivity contribution in [2.45, 2.75) is 31.9 Å². The summed E-state index contributed by atoms with van der Waals surface area (Å²) >= 11 is 3.66. The first-order valence-electron chi connectivity index (χ1n) is 16.6. The molecule has 2 saturated heterocycles. The highest BCUT2D eigenvalue weighted by molar-refractivity contribution is 9.10. The fraction of sp³-hybridized carbons (Fsp3) is 0.400. The van der Waals surface area contributed by atoms with Gasteiger partial charge in [-0.15, -0.1) is 0 Å². The minimum Gasteiger partial charge on any atom is -0.494 e. The maximum atomic E-state index is 5.98. The van der Waals surface area contributed by atoms with Crippen LogP contribution in [-0.4, -0.2) is 100.0 Å². The number of hydrogen-bond acceptors (Lipinski definition) is 11. The number of ether oxygens (including phenoxy) is 2. The first kappa shape index (κ1) is 33.6. The molecule has 14 heteroatoms. The smallest absolute Gasteiger partial charge is 0.229 e. The number of hydrogen-bond donors (Lipinski definition) is 2. The summed E-state index contributed by atoms with van der Waals surface area (Å²) in [5.74, 6) is 1.79. The largest absolute Gasteiger partial charge is 0.494 e. The molecule has 12 nitrogen and oxygen atoms in total. The number of halogens is 1. The van der Waals surface area contributed by atoms with Crippen molar-refractivity contribution in [2.75, 3.05) is 68.8 Å². The number of anilines is 5. The molecule has 2 aromatic carbocycles. The van der Waals surface area contributed by atoms with Gasteiger partial charge in [-0.3, -0.25) is 19.5 Å². The zero-order valence-corrected chi connectivity index (χ0v) is 31.0. The third kappa shape index (κ3) is 7.21. The molecule has 0 aliphatic carbocycles. The van der Waals surface area contributed by atoms with Gasteiger partial charge in [0.05, 0.1) is 47.2 Å². The minimum atomic E-state index is -0.491. The fourth-order valence-electron chi connectivity index (χ4n) is 6.88. The second-order valence-electron chi connectivity index (χ2n) is 12.8. The Kier molecular flexibility index (Phi) is 9.96. The highest BCUT2D eigenvalue weighted by atomic mass is 79.9. The van der Waals surface area contributed by atoms with Crippen molar-refractivity contribution in [2.24, 2.45) is 7.05 Å². The van der Waals surface area contributed by atoms with E-state index in [0.717, 1.165) is 94.6 Å². The van der Waals surface area contributed by atoms with Crippen LogP contribution in [0, 0.1) is 0 Å². The van der Waals surface area contributed by atoms with E-state index in [1.165, 1.54) is 0 Å². The van der Waals surface area contributed by atoms with Crippen LogP contribution in [0.4, 0.5) is 28.8 Å². The van der Waals surface area contributed by atoms with E-state index in [-0.39, 0.29) is 0 Å². The third-order valence-corrected chi connectivity index (χ3v) is 11.2. The molecule has 2 aliphatic heterocycles. The van der Waals surface area contributed by atoms with Crippen LogP contribution in [0.15, 0.2) is 59.7 Å². The number of morpholine rings is 1. The molecule has 5 heterocycles. The van der Waals surface area contributed by atoms with Gasteiger partial charge in [0.1, 0.15) is 11.6 Å². The molecule has 1 atom stereocenters. The van der Waals surface area contributed by atoms with E-state index in [4.69, 9.17) is 14.5 Å². The summed E-state index contributed by atoms with van der Waals surface area (Å²) in [6, 6.07) is 8.86. The molecule has 49 heavy (non-hydrogen) atoms. The molecule has 2 N–H and O–H groups in total. The Balaban J connectivity index is 1.18.